The number of carbonyl (C=O) groups excluding carboxylic acids is 2. The normalized spacial score (nSPS) is 13.8. The molecule has 1 N–H and O–H groups in total. The second-order valence-corrected chi connectivity index (χ2v) is 4.09. The molecule has 106 valence electrons. The molecule has 5 nitrogen and oxygen atoms in total. The maximum atomic E-state index is 11.0. The molecule has 1 amide bonds. The van der Waals surface area contributed by atoms with Crippen LogP contribution in [0.25, 0.3) is 0 Å². The third-order valence-corrected chi connectivity index (χ3v) is 2.63. The number of benzene rings is 1. The molecule has 0 radical (unpaired) electrons. The number of amides is 1. The van der Waals surface area contributed by atoms with Crippen LogP contribution in [0.3, 0.4) is 0 Å². The van der Waals surface area contributed by atoms with Gasteiger partial charge in [0.2, 0.25) is 5.91 Å². The van der Waals surface area contributed by atoms with Gasteiger partial charge < -0.3 is 15.0 Å². The quantitative estimate of drug-likeness (QED) is 0.638. The lowest BCUT2D eigenvalue weighted by Crippen LogP contribution is -2.47. The minimum Gasteiger partial charge on any atom is -0.463 e. The fourth-order valence-electron chi connectivity index (χ4n) is 1.63. The molecule has 20 heavy (non-hydrogen) atoms. The van der Waals surface area contributed by atoms with E-state index in [1.165, 1.54) is 0 Å². The van der Waals surface area contributed by atoms with Gasteiger partial charge in [0.1, 0.15) is 6.61 Å². The van der Waals surface area contributed by atoms with Crippen LogP contribution in [0.5, 0.6) is 0 Å². The molecule has 0 saturated carbocycles. The third-order valence-electron chi connectivity index (χ3n) is 2.63. The van der Waals surface area contributed by atoms with Gasteiger partial charge >= 0.3 is 0 Å². The second-order valence-electron chi connectivity index (χ2n) is 4.09. The molecule has 0 spiro atoms. The summed E-state index contributed by atoms with van der Waals surface area (Å²) in [4.78, 5) is 22.4. The third kappa shape index (κ3) is 6.03. The number of carbonyl (C=O) groups is 2. The summed E-state index contributed by atoms with van der Waals surface area (Å²) in [6.45, 7) is 3.29. The van der Waals surface area contributed by atoms with Crippen molar-refractivity contribution in [2.45, 2.75) is 6.61 Å². The molecule has 1 aliphatic rings. The van der Waals surface area contributed by atoms with Gasteiger partial charge in [-0.15, -0.1) is 6.42 Å². The number of rotatable bonds is 4. The van der Waals surface area contributed by atoms with Gasteiger partial charge in [-0.25, -0.2) is 0 Å². The standard InChI is InChI=1S/C8H8O2.C7H10N2O/c9-7-10-6-8-4-2-1-3-5-8;1-2-4-9-5-3-8-6-7(9)10/h1-5,7H,6H2;1,8H,3-6H2. The van der Waals surface area contributed by atoms with Crippen molar-refractivity contribution in [3.63, 3.8) is 0 Å². The first-order chi connectivity index (χ1) is 9.77. The van der Waals surface area contributed by atoms with Crippen LogP contribution >= 0.6 is 0 Å². The van der Waals surface area contributed by atoms with Gasteiger partial charge in [-0.05, 0) is 5.56 Å². The Morgan fingerprint density at radius 3 is 2.75 bits per heavy atom. The Labute approximate surface area is 118 Å². The lowest BCUT2D eigenvalue weighted by atomic mass is 10.2. The van der Waals surface area contributed by atoms with Gasteiger partial charge in [0.25, 0.3) is 6.47 Å². The lowest BCUT2D eigenvalue weighted by molar-refractivity contribution is -0.131. The topological polar surface area (TPSA) is 58.6 Å². The predicted octanol–water partition coefficient (Wildman–Crippen LogP) is 0.411. The van der Waals surface area contributed by atoms with Crippen molar-refractivity contribution < 1.29 is 14.3 Å². The summed E-state index contributed by atoms with van der Waals surface area (Å²) in [5, 5.41) is 2.96. The van der Waals surface area contributed by atoms with Crippen LogP contribution < -0.4 is 5.32 Å². The fraction of sp³-hybridized carbons (Fsp3) is 0.333. The zero-order valence-corrected chi connectivity index (χ0v) is 11.2. The Morgan fingerprint density at radius 1 is 1.40 bits per heavy atom. The molecule has 1 saturated heterocycles. The maximum Gasteiger partial charge on any atom is 0.293 e. The van der Waals surface area contributed by atoms with Crippen molar-refractivity contribution in [3.05, 3.63) is 35.9 Å². The molecule has 1 fully saturated rings. The Bertz CT molecular complexity index is 454. The van der Waals surface area contributed by atoms with Crippen molar-refractivity contribution in [2.75, 3.05) is 26.2 Å². The summed E-state index contributed by atoms with van der Waals surface area (Å²) in [6.07, 6.45) is 5.06. The number of nitrogens with one attached hydrogen (secondary N) is 1. The zero-order valence-electron chi connectivity index (χ0n) is 11.2. The van der Waals surface area contributed by atoms with Crippen LogP contribution in [0, 0.1) is 12.3 Å². The van der Waals surface area contributed by atoms with Gasteiger partial charge in [0.15, 0.2) is 0 Å². The number of piperazine rings is 1. The minimum atomic E-state index is 0.101. The van der Waals surface area contributed by atoms with Crippen LogP contribution in [-0.2, 0) is 20.9 Å². The summed E-state index contributed by atoms with van der Waals surface area (Å²) in [5.74, 6) is 2.55. The van der Waals surface area contributed by atoms with E-state index in [4.69, 9.17) is 6.42 Å². The van der Waals surface area contributed by atoms with Gasteiger partial charge in [-0.3, -0.25) is 9.59 Å². The predicted molar refractivity (Wildman–Crippen MR) is 75.6 cm³/mol. The fourth-order valence-corrected chi connectivity index (χ4v) is 1.63. The van der Waals surface area contributed by atoms with Crippen LogP contribution in [0.15, 0.2) is 30.3 Å². The highest BCUT2D eigenvalue weighted by atomic mass is 16.5. The first-order valence-electron chi connectivity index (χ1n) is 6.29. The summed E-state index contributed by atoms with van der Waals surface area (Å²) >= 11 is 0. The van der Waals surface area contributed by atoms with Gasteiger partial charge in [-0.1, -0.05) is 36.3 Å². The molecule has 1 heterocycles. The van der Waals surface area contributed by atoms with E-state index in [2.05, 4.69) is 16.0 Å². The number of terminal acetylenes is 1. The minimum absolute atomic E-state index is 0.101. The van der Waals surface area contributed by atoms with E-state index in [0.717, 1.165) is 18.7 Å². The van der Waals surface area contributed by atoms with Crippen molar-refractivity contribution in [1.29, 1.82) is 0 Å². The maximum absolute atomic E-state index is 11.0. The van der Waals surface area contributed by atoms with E-state index in [0.29, 0.717) is 26.2 Å². The molecule has 1 aromatic rings. The molecular weight excluding hydrogens is 256 g/mol. The number of hydrogen-bond donors (Lipinski definition) is 1. The molecule has 0 atom stereocenters. The van der Waals surface area contributed by atoms with E-state index in [1.807, 2.05) is 30.3 Å². The summed E-state index contributed by atoms with van der Waals surface area (Å²) in [7, 11) is 0. The van der Waals surface area contributed by atoms with Crippen LogP contribution in [0.1, 0.15) is 5.56 Å². The van der Waals surface area contributed by atoms with Crippen molar-refractivity contribution in [2.24, 2.45) is 0 Å². The zero-order chi connectivity index (χ0) is 14.6. The van der Waals surface area contributed by atoms with E-state index in [1.54, 1.807) is 4.90 Å². The molecule has 5 heteroatoms. The van der Waals surface area contributed by atoms with Crippen LogP contribution in [0.2, 0.25) is 0 Å². The molecule has 2 rings (SSSR count). The monoisotopic (exact) mass is 274 g/mol. The van der Waals surface area contributed by atoms with Gasteiger partial charge in [0.05, 0.1) is 13.1 Å². The van der Waals surface area contributed by atoms with Gasteiger partial charge in [0, 0.05) is 13.1 Å². The average molecular weight is 274 g/mol. The SMILES string of the molecule is C#CCN1CCNCC1=O.O=COCc1ccccc1. The van der Waals surface area contributed by atoms with Gasteiger partial charge in [-0.2, -0.15) is 0 Å². The highest BCUT2D eigenvalue weighted by molar-refractivity contribution is 5.79. The molecule has 1 aromatic carbocycles. The average Bonchev–Trinajstić information content (AvgIpc) is 2.49. The number of hydrogen-bond acceptors (Lipinski definition) is 4. The van der Waals surface area contributed by atoms with Crippen molar-refractivity contribution in [1.82, 2.24) is 10.2 Å². The lowest BCUT2D eigenvalue weighted by Gasteiger charge is -2.24. The van der Waals surface area contributed by atoms with E-state index < -0.39 is 0 Å². The van der Waals surface area contributed by atoms with Crippen molar-refractivity contribution >= 4 is 12.4 Å². The smallest absolute Gasteiger partial charge is 0.293 e. The number of ether oxygens (including phenoxy) is 1. The largest absolute Gasteiger partial charge is 0.463 e. The second kappa shape index (κ2) is 9.59. The van der Waals surface area contributed by atoms with E-state index in [9.17, 15) is 9.59 Å². The summed E-state index contributed by atoms with van der Waals surface area (Å²) in [5.41, 5.74) is 1.01. The molecule has 0 aliphatic carbocycles. The van der Waals surface area contributed by atoms with Crippen LogP contribution in [0.4, 0.5) is 0 Å². The molecule has 0 bridgehead atoms. The van der Waals surface area contributed by atoms with E-state index in [-0.39, 0.29) is 5.91 Å². The Kier molecular flexibility index (Phi) is 7.55. The molecular formula is C15H18N2O3. The molecule has 0 unspecified atom stereocenters. The Morgan fingerprint density at radius 2 is 2.15 bits per heavy atom. The highest BCUT2D eigenvalue weighted by Gasteiger charge is 2.15. The molecule has 1 aliphatic heterocycles. The van der Waals surface area contributed by atoms with E-state index >= 15 is 0 Å². The number of nitrogens with zero attached hydrogens (tertiary/aromatic N) is 1. The van der Waals surface area contributed by atoms with Crippen molar-refractivity contribution in [3.8, 4) is 12.3 Å². The first kappa shape index (κ1) is 15.7. The highest BCUT2D eigenvalue weighted by Crippen LogP contribution is 1.98. The summed E-state index contributed by atoms with van der Waals surface area (Å²) < 4.78 is 4.54. The first-order valence-corrected chi connectivity index (χ1v) is 6.29. The van der Waals surface area contributed by atoms with Crippen LogP contribution in [-0.4, -0.2) is 43.5 Å². The molecule has 0 aromatic heterocycles. The Hall–Kier alpha value is -2.32. The summed E-state index contributed by atoms with van der Waals surface area (Å²) in [6, 6.07) is 9.55. The Balaban J connectivity index is 0.000000200.